The molecule has 1 aromatic heterocycles. The van der Waals surface area contributed by atoms with Crippen molar-refractivity contribution in [2.45, 2.75) is 32.2 Å². The third kappa shape index (κ3) is 3.22. The predicted molar refractivity (Wildman–Crippen MR) is 77.5 cm³/mol. The van der Waals surface area contributed by atoms with Gasteiger partial charge in [-0.2, -0.15) is 5.10 Å². The molecule has 0 amide bonds. The van der Waals surface area contributed by atoms with Crippen molar-refractivity contribution in [2.24, 2.45) is 12.9 Å². The van der Waals surface area contributed by atoms with Crippen molar-refractivity contribution in [3.63, 3.8) is 0 Å². The summed E-state index contributed by atoms with van der Waals surface area (Å²) in [5.74, 6) is 6.23. The number of nitrogens with zero attached hydrogens (tertiary/aromatic N) is 2. The monoisotopic (exact) mass is 258 g/mol. The predicted octanol–water partition coefficient (Wildman–Crippen LogP) is 2.29. The molecule has 0 aliphatic carbocycles. The van der Waals surface area contributed by atoms with Crippen LogP contribution in [0.5, 0.6) is 0 Å². The van der Waals surface area contributed by atoms with Crippen LogP contribution in [0.15, 0.2) is 36.5 Å². The lowest BCUT2D eigenvalue weighted by atomic mass is 9.98. The van der Waals surface area contributed by atoms with Crippen LogP contribution < -0.4 is 11.3 Å². The summed E-state index contributed by atoms with van der Waals surface area (Å²) < 4.78 is 1.85. The van der Waals surface area contributed by atoms with E-state index in [2.05, 4.69) is 48.6 Å². The first-order valence-corrected chi connectivity index (χ1v) is 6.64. The van der Waals surface area contributed by atoms with Crippen LogP contribution in [0.2, 0.25) is 0 Å². The Morgan fingerprint density at radius 1 is 1.21 bits per heavy atom. The van der Waals surface area contributed by atoms with E-state index in [1.54, 1.807) is 6.20 Å². The van der Waals surface area contributed by atoms with Gasteiger partial charge in [-0.15, -0.1) is 0 Å². The van der Waals surface area contributed by atoms with E-state index in [1.165, 1.54) is 11.1 Å². The molecular weight excluding hydrogens is 236 g/mol. The molecule has 0 saturated carbocycles. The van der Waals surface area contributed by atoms with E-state index >= 15 is 0 Å². The highest BCUT2D eigenvalue weighted by Gasteiger charge is 2.14. The minimum Gasteiger partial charge on any atom is -0.271 e. The highest BCUT2D eigenvalue weighted by molar-refractivity contribution is 5.26. The van der Waals surface area contributed by atoms with Gasteiger partial charge in [0.2, 0.25) is 0 Å². The summed E-state index contributed by atoms with van der Waals surface area (Å²) >= 11 is 0. The van der Waals surface area contributed by atoms with Crippen LogP contribution in [0.1, 0.15) is 42.6 Å². The zero-order chi connectivity index (χ0) is 13.8. The number of hydrogen-bond acceptors (Lipinski definition) is 3. The number of hydrazine groups is 1. The van der Waals surface area contributed by atoms with Crippen LogP contribution in [-0.4, -0.2) is 9.78 Å². The van der Waals surface area contributed by atoms with Crippen molar-refractivity contribution < 1.29 is 0 Å². The standard InChI is InChI=1S/C15H22N4/c1-11(2)13-6-4-12(5-7-13)10-14(18-16)15-8-9-17-19(15)3/h4-9,11,14,18H,10,16H2,1-3H3. The Balaban J connectivity index is 2.13. The minimum atomic E-state index is 0.0809. The second-order valence-corrected chi connectivity index (χ2v) is 5.20. The molecular formula is C15H22N4. The van der Waals surface area contributed by atoms with Crippen molar-refractivity contribution in [1.29, 1.82) is 0 Å². The lowest BCUT2D eigenvalue weighted by molar-refractivity contribution is 0.508. The van der Waals surface area contributed by atoms with Gasteiger partial charge in [-0.25, -0.2) is 0 Å². The van der Waals surface area contributed by atoms with Gasteiger partial charge in [0.05, 0.1) is 11.7 Å². The Bertz CT molecular complexity index is 513. The van der Waals surface area contributed by atoms with Crippen molar-refractivity contribution in [3.05, 3.63) is 53.3 Å². The van der Waals surface area contributed by atoms with Gasteiger partial charge in [0.1, 0.15) is 0 Å². The van der Waals surface area contributed by atoms with Crippen LogP contribution in [0.3, 0.4) is 0 Å². The topological polar surface area (TPSA) is 55.9 Å². The summed E-state index contributed by atoms with van der Waals surface area (Å²) in [4.78, 5) is 0. The number of hydrogen-bond donors (Lipinski definition) is 2. The first kappa shape index (κ1) is 13.8. The average Bonchev–Trinajstić information content (AvgIpc) is 2.83. The molecule has 0 fully saturated rings. The summed E-state index contributed by atoms with van der Waals surface area (Å²) in [6.07, 6.45) is 2.65. The van der Waals surface area contributed by atoms with Crippen LogP contribution in [-0.2, 0) is 13.5 Å². The van der Waals surface area contributed by atoms with E-state index in [9.17, 15) is 0 Å². The van der Waals surface area contributed by atoms with Crippen molar-refractivity contribution in [2.75, 3.05) is 0 Å². The zero-order valence-electron chi connectivity index (χ0n) is 11.8. The number of nitrogens with two attached hydrogens (primary N) is 1. The molecule has 0 aliphatic rings. The van der Waals surface area contributed by atoms with Gasteiger partial charge in [-0.05, 0) is 29.5 Å². The molecule has 1 aromatic carbocycles. The van der Waals surface area contributed by atoms with Crippen LogP contribution in [0.4, 0.5) is 0 Å². The fourth-order valence-electron chi connectivity index (χ4n) is 2.25. The van der Waals surface area contributed by atoms with E-state index in [1.807, 2.05) is 17.8 Å². The highest BCUT2D eigenvalue weighted by atomic mass is 15.3. The van der Waals surface area contributed by atoms with Gasteiger partial charge < -0.3 is 0 Å². The largest absolute Gasteiger partial charge is 0.271 e. The second-order valence-electron chi connectivity index (χ2n) is 5.20. The molecule has 2 aromatic rings. The molecule has 2 rings (SSSR count). The Labute approximate surface area is 114 Å². The first-order chi connectivity index (χ1) is 9.11. The maximum Gasteiger partial charge on any atom is 0.0669 e. The van der Waals surface area contributed by atoms with Gasteiger partial charge in [0.25, 0.3) is 0 Å². The Morgan fingerprint density at radius 2 is 1.89 bits per heavy atom. The number of rotatable bonds is 5. The normalized spacial score (nSPS) is 12.9. The van der Waals surface area contributed by atoms with E-state index < -0.39 is 0 Å². The molecule has 4 heteroatoms. The molecule has 4 nitrogen and oxygen atoms in total. The Hall–Kier alpha value is -1.65. The summed E-state index contributed by atoms with van der Waals surface area (Å²) in [6.45, 7) is 4.41. The molecule has 102 valence electrons. The molecule has 1 heterocycles. The van der Waals surface area contributed by atoms with Crippen LogP contribution >= 0.6 is 0 Å². The lowest BCUT2D eigenvalue weighted by Crippen LogP contribution is -2.31. The van der Waals surface area contributed by atoms with E-state index in [-0.39, 0.29) is 6.04 Å². The first-order valence-electron chi connectivity index (χ1n) is 6.64. The molecule has 3 N–H and O–H groups in total. The molecule has 1 atom stereocenters. The van der Waals surface area contributed by atoms with Gasteiger partial charge >= 0.3 is 0 Å². The molecule has 0 saturated heterocycles. The third-order valence-corrected chi connectivity index (χ3v) is 3.50. The Morgan fingerprint density at radius 3 is 2.37 bits per heavy atom. The quantitative estimate of drug-likeness (QED) is 0.639. The van der Waals surface area contributed by atoms with Crippen molar-refractivity contribution in [3.8, 4) is 0 Å². The summed E-state index contributed by atoms with van der Waals surface area (Å²) in [6, 6.07) is 10.8. The Kier molecular flexibility index (Phi) is 4.35. The van der Waals surface area contributed by atoms with Crippen LogP contribution in [0, 0.1) is 0 Å². The fourth-order valence-corrected chi connectivity index (χ4v) is 2.25. The number of benzene rings is 1. The summed E-state index contributed by atoms with van der Waals surface area (Å²) in [5.41, 5.74) is 6.60. The third-order valence-electron chi connectivity index (χ3n) is 3.50. The maximum absolute atomic E-state index is 5.67. The molecule has 0 bridgehead atoms. The second kappa shape index (κ2) is 5.99. The molecule has 19 heavy (non-hydrogen) atoms. The zero-order valence-corrected chi connectivity index (χ0v) is 11.8. The van der Waals surface area contributed by atoms with E-state index in [0.717, 1.165) is 12.1 Å². The highest BCUT2D eigenvalue weighted by Crippen LogP contribution is 2.19. The molecule has 0 aliphatic heterocycles. The molecule has 0 radical (unpaired) electrons. The van der Waals surface area contributed by atoms with E-state index in [0.29, 0.717) is 5.92 Å². The van der Waals surface area contributed by atoms with Gasteiger partial charge in [0.15, 0.2) is 0 Å². The fraction of sp³-hybridized carbons (Fsp3) is 0.400. The van der Waals surface area contributed by atoms with E-state index in [4.69, 9.17) is 5.84 Å². The minimum absolute atomic E-state index is 0.0809. The van der Waals surface area contributed by atoms with Crippen LogP contribution in [0.25, 0.3) is 0 Å². The van der Waals surface area contributed by atoms with Crippen molar-refractivity contribution in [1.82, 2.24) is 15.2 Å². The molecule has 1 unspecified atom stereocenters. The van der Waals surface area contributed by atoms with Gasteiger partial charge in [-0.1, -0.05) is 38.1 Å². The number of aryl methyl sites for hydroxylation is 1. The number of nitrogens with one attached hydrogen (secondary N) is 1. The molecule has 0 spiro atoms. The average molecular weight is 258 g/mol. The van der Waals surface area contributed by atoms with Gasteiger partial charge in [-0.3, -0.25) is 16.0 Å². The summed E-state index contributed by atoms with van der Waals surface area (Å²) in [7, 11) is 1.93. The lowest BCUT2D eigenvalue weighted by Gasteiger charge is -2.16. The van der Waals surface area contributed by atoms with Gasteiger partial charge in [0, 0.05) is 13.2 Å². The number of aromatic nitrogens is 2. The summed E-state index contributed by atoms with van der Waals surface area (Å²) in [5, 5.41) is 4.19. The maximum atomic E-state index is 5.67. The van der Waals surface area contributed by atoms with Crippen molar-refractivity contribution >= 4 is 0 Å². The SMILES string of the molecule is CC(C)c1ccc(CC(NN)c2ccnn2C)cc1. The smallest absolute Gasteiger partial charge is 0.0669 e.